The van der Waals surface area contributed by atoms with Crippen LogP contribution in [-0.4, -0.2) is 4.57 Å². The zero-order valence-corrected chi connectivity index (χ0v) is 11.9. The van der Waals surface area contributed by atoms with Crippen molar-refractivity contribution in [3.63, 3.8) is 0 Å². The van der Waals surface area contributed by atoms with Crippen LogP contribution in [-0.2, 0) is 12.3 Å². The summed E-state index contributed by atoms with van der Waals surface area (Å²) in [4.78, 5) is 1.41. The van der Waals surface area contributed by atoms with Crippen LogP contribution in [0.15, 0.2) is 71.8 Å². The molecular formula is C18H15NS. The fourth-order valence-electron chi connectivity index (χ4n) is 2.80. The molecule has 0 bridgehead atoms. The molecule has 0 spiro atoms. The van der Waals surface area contributed by atoms with E-state index < -0.39 is 0 Å². The molecule has 2 aromatic carbocycles. The maximum Gasteiger partial charge on any atom is 0.0484 e. The van der Waals surface area contributed by atoms with E-state index in [0.29, 0.717) is 0 Å². The van der Waals surface area contributed by atoms with Gasteiger partial charge in [0.15, 0.2) is 0 Å². The summed E-state index contributed by atoms with van der Waals surface area (Å²) < 4.78 is 2.39. The number of nitrogens with zero attached hydrogens (tertiary/aromatic N) is 1. The summed E-state index contributed by atoms with van der Waals surface area (Å²) in [5, 5.41) is 0. The largest absolute Gasteiger partial charge is 0.346 e. The van der Waals surface area contributed by atoms with Gasteiger partial charge in [-0.3, -0.25) is 0 Å². The van der Waals surface area contributed by atoms with E-state index in [4.69, 9.17) is 0 Å². The van der Waals surface area contributed by atoms with Gasteiger partial charge in [-0.05, 0) is 23.3 Å². The molecule has 3 aromatic rings. The van der Waals surface area contributed by atoms with Crippen LogP contribution in [0.1, 0.15) is 11.3 Å². The van der Waals surface area contributed by atoms with Crippen molar-refractivity contribution < 1.29 is 0 Å². The normalized spacial score (nSPS) is 13.4. The highest BCUT2D eigenvalue weighted by Crippen LogP contribution is 2.35. The summed E-state index contributed by atoms with van der Waals surface area (Å²) in [6.45, 7) is 0.978. The Morgan fingerprint density at radius 2 is 1.65 bits per heavy atom. The zero-order chi connectivity index (χ0) is 13.4. The third-order valence-corrected chi connectivity index (χ3v) is 4.97. The third-order valence-electron chi connectivity index (χ3n) is 3.84. The molecule has 0 amide bonds. The molecule has 1 aliphatic rings. The Hall–Kier alpha value is -1.93. The predicted octanol–water partition coefficient (Wildman–Crippen LogP) is 4.81. The summed E-state index contributed by atoms with van der Waals surface area (Å²) >= 11 is 1.94. The number of aromatic nitrogens is 1. The van der Waals surface area contributed by atoms with Gasteiger partial charge in [-0.1, -0.05) is 48.5 Å². The van der Waals surface area contributed by atoms with E-state index in [1.807, 2.05) is 11.8 Å². The predicted molar refractivity (Wildman–Crippen MR) is 85.0 cm³/mol. The average Bonchev–Trinajstić information content (AvgIpc) is 2.81. The van der Waals surface area contributed by atoms with E-state index >= 15 is 0 Å². The number of hydrogen-bond acceptors (Lipinski definition) is 1. The summed E-state index contributed by atoms with van der Waals surface area (Å²) in [6.07, 6.45) is 2.22. The molecule has 1 aromatic heterocycles. The molecule has 0 atom stereocenters. The average molecular weight is 277 g/mol. The number of benzene rings is 2. The molecule has 0 aliphatic carbocycles. The van der Waals surface area contributed by atoms with Crippen molar-refractivity contribution >= 4 is 11.8 Å². The van der Waals surface area contributed by atoms with Crippen LogP contribution in [0.3, 0.4) is 0 Å². The molecule has 98 valence electrons. The van der Waals surface area contributed by atoms with Crippen LogP contribution >= 0.6 is 11.8 Å². The summed E-state index contributed by atoms with van der Waals surface area (Å²) in [5.74, 6) is 1.04. The van der Waals surface area contributed by atoms with E-state index in [1.165, 1.54) is 27.3 Å². The van der Waals surface area contributed by atoms with Crippen molar-refractivity contribution in [1.82, 2.24) is 4.57 Å². The minimum atomic E-state index is 0.978. The first-order valence-electron chi connectivity index (χ1n) is 6.86. The molecule has 0 saturated carbocycles. The maximum absolute atomic E-state index is 2.39. The fourth-order valence-corrected chi connectivity index (χ4v) is 3.91. The van der Waals surface area contributed by atoms with Crippen molar-refractivity contribution in [1.29, 1.82) is 0 Å². The Labute approximate surface area is 123 Å². The Morgan fingerprint density at radius 1 is 0.850 bits per heavy atom. The maximum atomic E-state index is 2.39. The molecule has 2 heterocycles. The van der Waals surface area contributed by atoms with E-state index in [1.54, 1.807) is 0 Å². The highest BCUT2D eigenvalue weighted by Gasteiger charge is 2.16. The molecule has 0 N–H and O–H groups in total. The minimum Gasteiger partial charge on any atom is -0.346 e. The van der Waals surface area contributed by atoms with Gasteiger partial charge in [0.1, 0.15) is 0 Å². The van der Waals surface area contributed by atoms with Crippen LogP contribution in [0.25, 0.3) is 11.1 Å². The van der Waals surface area contributed by atoms with E-state index in [2.05, 4.69) is 71.4 Å². The minimum absolute atomic E-state index is 0.978. The summed E-state index contributed by atoms with van der Waals surface area (Å²) in [6, 6.07) is 21.7. The third kappa shape index (κ3) is 1.97. The summed E-state index contributed by atoms with van der Waals surface area (Å²) in [7, 11) is 0. The van der Waals surface area contributed by atoms with Gasteiger partial charge < -0.3 is 4.57 Å². The summed E-state index contributed by atoms with van der Waals surface area (Å²) in [5.41, 5.74) is 5.53. The first-order valence-corrected chi connectivity index (χ1v) is 7.84. The second-order valence-corrected chi connectivity index (χ2v) is 6.08. The molecule has 2 heteroatoms. The Morgan fingerprint density at radius 3 is 2.55 bits per heavy atom. The molecule has 0 saturated heterocycles. The van der Waals surface area contributed by atoms with Gasteiger partial charge in [-0.25, -0.2) is 0 Å². The Balaban J connectivity index is 1.79. The number of fused-ring (bicyclic) bond motifs is 2. The molecule has 4 rings (SSSR count). The van der Waals surface area contributed by atoms with Crippen molar-refractivity contribution in [2.75, 3.05) is 0 Å². The van der Waals surface area contributed by atoms with Crippen LogP contribution < -0.4 is 0 Å². The van der Waals surface area contributed by atoms with Crippen LogP contribution in [0.5, 0.6) is 0 Å². The van der Waals surface area contributed by atoms with Crippen molar-refractivity contribution in [2.24, 2.45) is 0 Å². The van der Waals surface area contributed by atoms with Crippen molar-refractivity contribution in [2.45, 2.75) is 17.2 Å². The van der Waals surface area contributed by atoms with Gasteiger partial charge in [0, 0.05) is 34.6 Å². The lowest BCUT2D eigenvalue weighted by Crippen LogP contribution is -2.00. The lowest BCUT2D eigenvalue weighted by molar-refractivity contribution is 0.769. The number of hydrogen-bond donors (Lipinski definition) is 0. The lowest BCUT2D eigenvalue weighted by atomic mass is 10.1. The fraction of sp³-hybridized carbons (Fsp3) is 0.111. The van der Waals surface area contributed by atoms with Crippen LogP contribution in [0.4, 0.5) is 0 Å². The second kappa shape index (κ2) is 4.88. The number of thioether (sulfide) groups is 1. The monoisotopic (exact) mass is 277 g/mol. The molecule has 1 aliphatic heterocycles. The van der Waals surface area contributed by atoms with Crippen LogP contribution in [0, 0.1) is 0 Å². The topological polar surface area (TPSA) is 4.93 Å². The first kappa shape index (κ1) is 11.9. The van der Waals surface area contributed by atoms with Crippen molar-refractivity contribution in [3.05, 3.63) is 78.1 Å². The first-order chi connectivity index (χ1) is 9.92. The molecular weight excluding hydrogens is 262 g/mol. The van der Waals surface area contributed by atoms with Crippen molar-refractivity contribution in [3.8, 4) is 11.1 Å². The van der Waals surface area contributed by atoms with Gasteiger partial charge >= 0.3 is 0 Å². The molecule has 0 unspecified atom stereocenters. The highest BCUT2D eigenvalue weighted by molar-refractivity contribution is 7.98. The van der Waals surface area contributed by atoms with Crippen LogP contribution in [0.2, 0.25) is 0 Å². The van der Waals surface area contributed by atoms with Gasteiger partial charge in [0.2, 0.25) is 0 Å². The smallest absolute Gasteiger partial charge is 0.0484 e. The Kier molecular flexibility index (Phi) is 2.89. The number of rotatable bonds is 1. The lowest BCUT2D eigenvalue weighted by Gasteiger charge is -2.07. The molecule has 20 heavy (non-hydrogen) atoms. The van der Waals surface area contributed by atoms with E-state index in [-0.39, 0.29) is 0 Å². The Bertz CT molecular complexity index is 743. The van der Waals surface area contributed by atoms with Gasteiger partial charge in [0.05, 0.1) is 0 Å². The second-order valence-electron chi connectivity index (χ2n) is 5.07. The molecule has 0 fully saturated rings. The van der Waals surface area contributed by atoms with E-state index in [9.17, 15) is 0 Å². The SMILES string of the molecule is c1ccc(-c2ccn3c2CSc2ccccc2C3)cc1. The molecule has 0 radical (unpaired) electrons. The zero-order valence-electron chi connectivity index (χ0n) is 11.1. The molecule has 1 nitrogen and oxygen atoms in total. The highest BCUT2D eigenvalue weighted by atomic mass is 32.2. The van der Waals surface area contributed by atoms with Gasteiger partial charge in [0.25, 0.3) is 0 Å². The quantitative estimate of drug-likeness (QED) is 0.618. The van der Waals surface area contributed by atoms with Gasteiger partial charge in [-0.2, -0.15) is 0 Å². The van der Waals surface area contributed by atoms with E-state index in [0.717, 1.165) is 12.3 Å². The van der Waals surface area contributed by atoms with Gasteiger partial charge in [-0.15, -0.1) is 11.8 Å². The standard InChI is InChI=1S/C18H15NS/c1-2-6-14(7-3-1)16-10-11-19-12-15-8-4-5-9-18(15)20-13-17(16)19/h1-11H,12-13H2.